The van der Waals surface area contributed by atoms with Gasteiger partial charge in [-0.1, -0.05) is 20.3 Å². The second-order valence-corrected chi connectivity index (χ2v) is 8.45. The molecule has 5 heteroatoms. The molecule has 0 bridgehead atoms. The molecule has 1 aromatic carbocycles. The average molecular weight is 306 g/mol. The third kappa shape index (κ3) is 3.84. The molecule has 2 rings (SSSR count). The van der Waals surface area contributed by atoms with Gasteiger partial charge in [-0.3, -0.25) is 0 Å². The number of hydrogen-bond donors (Lipinski definition) is 1. The summed E-state index contributed by atoms with van der Waals surface area (Å²) in [6.07, 6.45) is 3.50. The summed E-state index contributed by atoms with van der Waals surface area (Å²) in [7, 11) is -3.29. The minimum absolute atomic E-state index is 0.0888. The summed E-state index contributed by atoms with van der Waals surface area (Å²) in [6, 6.07) is 8.48. The molecule has 4 nitrogen and oxygen atoms in total. The van der Waals surface area contributed by atoms with E-state index >= 15 is 0 Å². The van der Waals surface area contributed by atoms with E-state index in [2.05, 4.69) is 19.2 Å². The number of nitriles is 1. The lowest BCUT2D eigenvalue weighted by Gasteiger charge is -2.27. The van der Waals surface area contributed by atoms with Crippen LogP contribution < -0.4 is 5.32 Å². The number of hydrogen-bond acceptors (Lipinski definition) is 4. The van der Waals surface area contributed by atoms with Gasteiger partial charge in [-0.25, -0.2) is 8.42 Å². The third-order valence-corrected chi connectivity index (χ3v) is 6.09. The van der Waals surface area contributed by atoms with Gasteiger partial charge in [-0.15, -0.1) is 0 Å². The van der Waals surface area contributed by atoms with E-state index in [9.17, 15) is 8.42 Å². The van der Waals surface area contributed by atoms with Gasteiger partial charge in [0.25, 0.3) is 0 Å². The van der Waals surface area contributed by atoms with E-state index in [-0.39, 0.29) is 16.1 Å². The van der Waals surface area contributed by atoms with E-state index < -0.39 is 9.84 Å². The SMILES string of the molecule is CC1(C)CCCC1NCCS(=O)(=O)c1ccc(C#N)cc1. The van der Waals surface area contributed by atoms with Crippen molar-refractivity contribution in [3.63, 3.8) is 0 Å². The highest BCUT2D eigenvalue weighted by Gasteiger charge is 2.33. The molecule has 1 saturated carbocycles. The molecule has 1 fully saturated rings. The Morgan fingerprint density at radius 1 is 1.33 bits per heavy atom. The summed E-state index contributed by atoms with van der Waals surface area (Å²) in [6.45, 7) is 4.93. The quantitative estimate of drug-likeness (QED) is 0.907. The van der Waals surface area contributed by atoms with Crippen molar-refractivity contribution in [3.05, 3.63) is 29.8 Å². The van der Waals surface area contributed by atoms with Crippen LogP contribution in [0.15, 0.2) is 29.2 Å². The zero-order valence-electron chi connectivity index (χ0n) is 12.6. The van der Waals surface area contributed by atoms with Crippen molar-refractivity contribution >= 4 is 9.84 Å². The lowest BCUT2D eigenvalue weighted by Crippen LogP contribution is -2.40. The van der Waals surface area contributed by atoms with Gasteiger partial charge in [0.2, 0.25) is 0 Å². The predicted molar refractivity (Wildman–Crippen MR) is 82.6 cm³/mol. The molecule has 1 aromatic rings. The lowest BCUT2D eigenvalue weighted by molar-refractivity contribution is 0.288. The molecular formula is C16H22N2O2S. The fourth-order valence-corrected chi connectivity index (χ4v) is 4.10. The highest BCUT2D eigenvalue weighted by Crippen LogP contribution is 2.37. The summed E-state index contributed by atoms with van der Waals surface area (Å²) in [4.78, 5) is 0.286. The third-order valence-electron chi connectivity index (χ3n) is 4.36. The molecule has 0 saturated heterocycles. The molecule has 21 heavy (non-hydrogen) atoms. The van der Waals surface area contributed by atoms with E-state index in [1.807, 2.05) is 6.07 Å². The smallest absolute Gasteiger partial charge is 0.179 e. The first-order valence-electron chi connectivity index (χ1n) is 7.31. The molecule has 0 aromatic heterocycles. The van der Waals surface area contributed by atoms with Crippen LogP contribution in [0.3, 0.4) is 0 Å². The first kappa shape index (κ1) is 16.0. The van der Waals surface area contributed by atoms with Crippen LogP contribution in [0.4, 0.5) is 0 Å². The van der Waals surface area contributed by atoms with Crippen LogP contribution in [0.1, 0.15) is 38.7 Å². The van der Waals surface area contributed by atoms with Crippen molar-refractivity contribution in [2.75, 3.05) is 12.3 Å². The Bertz CT molecular complexity index is 627. The number of rotatable bonds is 5. The van der Waals surface area contributed by atoms with Crippen molar-refractivity contribution in [1.29, 1.82) is 5.26 Å². The van der Waals surface area contributed by atoms with Gasteiger partial charge in [0.1, 0.15) is 0 Å². The number of nitrogens with one attached hydrogen (secondary N) is 1. The molecule has 1 N–H and O–H groups in total. The van der Waals surface area contributed by atoms with Crippen LogP contribution in [0.5, 0.6) is 0 Å². The normalized spacial score (nSPS) is 21.1. The van der Waals surface area contributed by atoms with Crippen LogP contribution in [-0.2, 0) is 9.84 Å². The van der Waals surface area contributed by atoms with Crippen molar-refractivity contribution in [3.8, 4) is 6.07 Å². The van der Waals surface area contributed by atoms with E-state index in [1.165, 1.54) is 25.0 Å². The summed E-state index contributed by atoms with van der Waals surface area (Å²) in [5.74, 6) is 0.0888. The van der Waals surface area contributed by atoms with Gasteiger partial charge in [0.05, 0.1) is 22.3 Å². The molecule has 0 amide bonds. The van der Waals surface area contributed by atoms with Gasteiger partial charge >= 0.3 is 0 Å². The van der Waals surface area contributed by atoms with E-state index in [4.69, 9.17) is 5.26 Å². The van der Waals surface area contributed by atoms with Crippen molar-refractivity contribution in [2.45, 2.75) is 44.0 Å². The molecule has 0 heterocycles. The Kier molecular flexibility index (Phi) is 4.70. The standard InChI is InChI=1S/C16H22N2O2S/c1-16(2)9-3-4-15(16)18-10-11-21(19,20)14-7-5-13(12-17)6-8-14/h5-8,15,18H,3-4,9-11H2,1-2H3. The maximum Gasteiger partial charge on any atom is 0.179 e. The van der Waals surface area contributed by atoms with E-state index in [0.717, 1.165) is 6.42 Å². The second kappa shape index (κ2) is 6.17. The molecule has 1 aliphatic rings. The summed E-state index contributed by atoms with van der Waals surface area (Å²) >= 11 is 0. The van der Waals surface area contributed by atoms with Gasteiger partial charge in [-0.05, 0) is 42.5 Å². The fraction of sp³-hybridized carbons (Fsp3) is 0.562. The Morgan fingerprint density at radius 2 is 2.00 bits per heavy atom. The summed E-state index contributed by atoms with van der Waals surface area (Å²) in [5, 5.41) is 12.1. The Labute approximate surface area is 127 Å². The Hall–Kier alpha value is -1.38. The fourth-order valence-electron chi connectivity index (χ4n) is 2.93. The predicted octanol–water partition coefficient (Wildman–Crippen LogP) is 2.50. The number of benzene rings is 1. The Morgan fingerprint density at radius 3 is 2.52 bits per heavy atom. The minimum Gasteiger partial charge on any atom is -0.312 e. The molecule has 0 radical (unpaired) electrons. The van der Waals surface area contributed by atoms with Gasteiger partial charge in [0, 0.05) is 12.6 Å². The Balaban J connectivity index is 1.94. The highest BCUT2D eigenvalue weighted by molar-refractivity contribution is 7.91. The molecule has 1 unspecified atom stereocenters. The molecule has 1 aliphatic carbocycles. The lowest BCUT2D eigenvalue weighted by atomic mass is 9.87. The van der Waals surface area contributed by atoms with Gasteiger partial charge in [-0.2, -0.15) is 5.26 Å². The summed E-state index contributed by atoms with van der Waals surface area (Å²) in [5.41, 5.74) is 0.720. The highest BCUT2D eigenvalue weighted by atomic mass is 32.2. The maximum atomic E-state index is 12.2. The van der Waals surface area contributed by atoms with Gasteiger partial charge in [0.15, 0.2) is 9.84 Å². The number of sulfone groups is 1. The van der Waals surface area contributed by atoms with Crippen molar-refractivity contribution < 1.29 is 8.42 Å². The first-order valence-corrected chi connectivity index (χ1v) is 8.97. The van der Waals surface area contributed by atoms with E-state index in [1.54, 1.807) is 12.1 Å². The average Bonchev–Trinajstić information content (AvgIpc) is 2.78. The second-order valence-electron chi connectivity index (χ2n) is 6.34. The van der Waals surface area contributed by atoms with Gasteiger partial charge < -0.3 is 5.32 Å². The zero-order valence-corrected chi connectivity index (χ0v) is 13.4. The van der Waals surface area contributed by atoms with Crippen LogP contribution in [0.2, 0.25) is 0 Å². The summed E-state index contributed by atoms with van der Waals surface area (Å²) < 4.78 is 24.5. The van der Waals surface area contributed by atoms with Crippen LogP contribution in [0, 0.1) is 16.7 Å². The molecule has 114 valence electrons. The maximum absolute atomic E-state index is 12.2. The van der Waals surface area contributed by atoms with Crippen LogP contribution in [0.25, 0.3) is 0 Å². The topological polar surface area (TPSA) is 70.0 Å². The molecular weight excluding hydrogens is 284 g/mol. The largest absolute Gasteiger partial charge is 0.312 e. The number of nitrogens with zero attached hydrogens (tertiary/aromatic N) is 1. The zero-order chi connectivity index (χ0) is 15.5. The van der Waals surface area contributed by atoms with Crippen molar-refractivity contribution in [1.82, 2.24) is 5.32 Å². The van der Waals surface area contributed by atoms with E-state index in [0.29, 0.717) is 18.2 Å². The molecule has 0 spiro atoms. The van der Waals surface area contributed by atoms with Crippen LogP contribution >= 0.6 is 0 Å². The van der Waals surface area contributed by atoms with Crippen LogP contribution in [-0.4, -0.2) is 26.8 Å². The molecule has 0 aliphatic heterocycles. The first-order chi connectivity index (χ1) is 9.85. The minimum atomic E-state index is -3.29. The monoisotopic (exact) mass is 306 g/mol. The van der Waals surface area contributed by atoms with Crippen molar-refractivity contribution in [2.24, 2.45) is 5.41 Å². The molecule has 1 atom stereocenters.